The van der Waals surface area contributed by atoms with Crippen LogP contribution in [0.4, 0.5) is 5.00 Å². The Morgan fingerprint density at radius 2 is 2.19 bits per heavy atom. The predicted molar refractivity (Wildman–Crippen MR) is 65.5 cm³/mol. The summed E-state index contributed by atoms with van der Waals surface area (Å²) in [7, 11) is 0. The smallest absolute Gasteiger partial charge is 0.228 e. The van der Waals surface area contributed by atoms with Crippen LogP contribution in [0.5, 0.6) is 0 Å². The normalized spacial score (nSPS) is 25.3. The molecule has 1 amide bonds. The quantitative estimate of drug-likeness (QED) is 0.851. The molecule has 1 fully saturated rings. The Morgan fingerprint density at radius 1 is 1.44 bits per heavy atom. The Bertz CT molecular complexity index is 329. The van der Waals surface area contributed by atoms with Crippen LogP contribution in [-0.4, -0.2) is 17.6 Å². The van der Waals surface area contributed by atoms with Gasteiger partial charge in [0.2, 0.25) is 5.91 Å². The van der Waals surface area contributed by atoms with E-state index in [9.17, 15) is 4.79 Å². The molecule has 1 aliphatic rings. The van der Waals surface area contributed by atoms with Gasteiger partial charge in [-0.05, 0) is 49.1 Å². The van der Waals surface area contributed by atoms with E-state index in [0.29, 0.717) is 5.92 Å². The summed E-state index contributed by atoms with van der Waals surface area (Å²) in [5.41, 5.74) is 0. The van der Waals surface area contributed by atoms with Gasteiger partial charge < -0.3 is 10.4 Å². The summed E-state index contributed by atoms with van der Waals surface area (Å²) >= 11 is 1.55. The standard InChI is InChI=1S/C12H17NO2S/c14-8-9-3-5-10(6-4-9)12(15)13-11-2-1-7-16-11/h1-2,7,9-10,14H,3-6,8H2,(H,13,15). The van der Waals surface area contributed by atoms with E-state index in [4.69, 9.17) is 5.11 Å². The van der Waals surface area contributed by atoms with Gasteiger partial charge in [-0.1, -0.05) is 0 Å². The highest BCUT2D eigenvalue weighted by Crippen LogP contribution is 2.29. The third-order valence-corrected chi connectivity index (χ3v) is 4.03. The Kier molecular flexibility index (Phi) is 3.96. The molecular formula is C12H17NO2S. The van der Waals surface area contributed by atoms with E-state index in [2.05, 4.69) is 5.32 Å². The van der Waals surface area contributed by atoms with Crippen molar-refractivity contribution in [3.8, 4) is 0 Å². The van der Waals surface area contributed by atoms with E-state index < -0.39 is 0 Å². The zero-order valence-electron chi connectivity index (χ0n) is 9.19. The zero-order valence-corrected chi connectivity index (χ0v) is 10.0. The lowest BCUT2D eigenvalue weighted by Gasteiger charge is -2.26. The van der Waals surface area contributed by atoms with E-state index in [0.717, 1.165) is 30.7 Å². The number of thiophene rings is 1. The van der Waals surface area contributed by atoms with Crippen molar-refractivity contribution in [3.63, 3.8) is 0 Å². The number of nitrogens with one attached hydrogen (secondary N) is 1. The average molecular weight is 239 g/mol. The SMILES string of the molecule is O=C(Nc1cccs1)C1CCC(CO)CC1. The molecule has 1 heterocycles. The van der Waals surface area contributed by atoms with Gasteiger partial charge in [0.25, 0.3) is 0 Å². The molecule has 0 saturated heterocycles. The summed E-state index contributed by atoms with van der Waals surface area (Å²) in [6, 6.07) is 3.85. The molecule has 1 aromatic heterocycles. The second kappa shape index (κ2) is 5.46. The summed E-state index contributed by atoms with van der Waals surface area (Å²) in [5.74, 6) is 0.675. The first-order valence-electron chi connectivity index (χ1n) is 5.75. The highest BCUT2D eigenvalue weighted by Gasteiger charge is 2.25. The Balaban J connectivity index is 1.82. The minimum absolute atomic E-state index is 0.130. The fourth-order valence-electron chi connectivity index (χ4n) is 2.18. The first-order valence-corrected chi connectivity index (χ1v) is 6.63. The number of rotatable bonds is 3. The van der Waals surface area contributed by atoms with Gasteiger partial charge in [-0.3, -0.25) is 4.79 Å². The van der Waals surface area contributed by atoms with Gasteiger partial charge in [0.05, 0.1) is 5.00 Å². The van der Waals surface area contributed by atoms with Gasteiger partial charge in [0.1, 0.15) is 0 Å². The number of hydrogen-bond acceptors (Lipinski definition) is 3. The summed E-state index contributed by atoms with van der Waals surface area (Å²) in [5, 5.41) is 14.8. The second-order valence-electron chi connectivity index (χ2n) is 4.37. The first kappa shape index (κ1) is 11.6. The Hall–Kier alpha value is -0.870. The summed E-state index contributed by atoms with van der Waals surface area (Å²) in [6.45, 7) is 0.263. The molecule has 1 saturated carbocycles. The number of anilines is 1. The molecule has 0 bridgehead atoms. The lowest BCUT2D eigenvalue weighted by molar-refractivity contribution is -0.121. The maximum Gasteiger partial charge on any atom is 0.228 e. The highest BCUT2D eigenvalue weighted by atomic mass is 32.1. The van der Waals surface area contributed by atoms with E-state index >= 15 is 0 Å². The van der Waals surface area contributed by atoms with Gasteiger partial charge >= 0.3 is 0 Å². The molecule has 16 heavy (non-hydrogen) atoms. The maximum absolute atomic E-state index is 11.9. The van der Waals surface area contributed by atoms with Crippen molar-refractivity contribution < 1.29 is 9.90 Å². The molecule has 0 spiro atoms. The third kappa shape index (κ3) is 2.83. The largest absolute Gasteiger partial charge is 0.396 e. The lowest BCUT2D eigenvalue weighted by atomic mass is 9.82. The van der Waals surface area contributed by atoms with Crippen LogP contribution >= 0.6 is 11.3 Å². The first-order chi connectivity index (χ1) is 7.79. The molecule has 4 heteroatoms. The number of carbonyl (C=O) groups is 1. The van der Waals surface area contributed by atoms with Crippen LogP contribution in [0.25, 0.3) is 0 Å². The summed E-state index contributed by atoms with van der Waals surface area (Å²) in [4.78, 5) is 11.9. The van der Waals surface area contributed by atoms with Crippen LogP contribution in [0.1, 0.15) is 25.7 Å². The topological polar surface area (TPSA) is 49.3 Å². The second-order valence-corrected chi connectivity index (χ2v) is 5.31. The van der Waals surface area contributed by atoms with Crippen LogP contribution in [-0.2, 0) is 4.79 Å². The van der Waals surface area contributed by atoms with Crippen molar-refractivity contribution in [1.29, 1.82) is 0 Å². The van der Waals surface area contributed by atoms with Crippen molar-refractivity contribution in [1.82, 2.24) is 0 Å². The number of hydrogen-bond donors (Lipinski definition) is 2. The van der Waals surface area contributed by atoms with Gasteiger partial charge in [0, 0.05) is 12.5 Å². The van der Waals surface area contributed by atoms with Crippen LogP contribution in [0.2, 0.25) is 0 Å². The molecule has 0 unspecified atom stereocenters. The molecule has 88 valence electrons. The lowest BCUT2D eigenvalue weighted by Crippen LogP contribution is -2.27. The highest BCUT2D eigenvalue weighted by molar-refractivity contribution is 7.14. The fraction of sp³-hybridized carbons (Fsp3) is 0.583. The molecule has 0 aliphatic heterocycles. The minimum Gasteiger partial charge on any atom is -0.396 e. The molecule has 2 rings (SSSR count). The minimum atomic E-state index is 0.130. The molecular weight excluding hydrogens is 222 g/mol. The van der Waals surface area contributed by atoms with Crippen molar-refractivity contribution >= 4 is 22.2 Å². The van der Waals surface area contributed by atoms with Crippen molar-refractivity contribution in [2.24, 2.45) is 11.8 Å². The summed E-state index contributed by atoms with van der Waals surface area (Å²) < 4.78 is 0. The maximum atomic E-state index is 11.9. The molecule has 0 radical (unpaired) electrons. The van der Waals surface area contributed by atoms with Crippen molar-refractivity contribution in [3.05, 3.63) is 17.5 Å². The van der Waals surface area contributed by atoms with Crippen LogP contribution in [0.3, 0.4) is 0 Å². The van der Waals surface area contributed by atoms with Crippen LogP contribution in [0.15, 0.2) is 17.5 Å². The fourth-order valence-corrected chi connectivity index (χ4v) is 2.80. The molecule has 3 nitrogen and oxygen atoms in total. The molecule has 0 atom stereocenters. The van der Waals surface area contributed by atoms with Crippen molar-refractivity contribution in [2.45, 2.75) is 25.7 Å². The summed E-state index contributed by atoms with van der Waals surface area (Å²) in [6.07, 6.45) is 3.75. The molecule has 2 N–H and O–H groups in total. The van der Waals surface area contributed by atoms with Gasteiger partial charge in [-0.25, -0.2) is 0 Å². The predicted octanol–water partition coefficient (Wildman–Crippen LogP) is 2.49. The number of aliphatic hydroxyl groups excluding tert-OH is 1. The molecule has 1 aromatic rings. The number of aliphatic hydroxyl groups is 1. The van der Waals surface area contributed by atoms with E-state index in [1.807, 2.05) is 17.5 Å². The van der Waals surface area contributed by atoms with Gasteiger partial charge in [0.15, 0.2) is 0 Å². The molecule has 1 aliphatic carbocycles. The van der Waals surface area contributed by atoms with E-state index in [1.54, 1.807) is 11.3 Å². The van der Waals surface area contributed by atoms with Crippen LogP contribution in [0, 0.1) is 11.8 Å². The van der Waals surface area contributed by atoms with Crippen LogP contribution < -0.4 is 5.32 Å². The van der Waals surface area contributed by atoms with Gasteiger partial charge in [-0.2, -0.15) is 0 Å². The monoisotopic (exact) mass is 239 g/mol. The number of carbonyl (C=O) groups excluding carboxylic acids is 1. The Morgan fingerprint density at radius 3 is 2.75 bits per heavy atom. The van der Waals surface area contributed by atoms with Gasteiger partial charge in [-0.15, -0.1) is 11.3 Å². The third-order valence-electron chi connectivity index (χ3n) is 3.24. The zero-order chi connectivity index (χ0) is 11.4. The van der Waals surface area contributed by atoms with E-state index in [-0.39, 0.29) is 18.4 Å². The number of amides is 1. The molecule has 0 aromatic carbocycles. The van der Waals surface area contributed by atoms with E-state index in [1.165, 1.54) is 0 Å². The average Bonchev–Trinajstić information content (AvgIpc) is 2.82. The Labute approximate surface area is 99.5 Å². The van der Waals surface area contributed by atoms with Crippen molar-refractivity contribution in [2.75, 3.05) is 11.9 Å².